The van der Waals surface area contributed by atoms with Gasteiger partial charge in [0.15, 0.2) is 0 Å². The summed E-state index contributed by atoms with van der Waals surface area (Å²) in [6.45, 7) is 10.1. The lowest BCUT2D eigenvalue weighted by Gasteiger charge is -2.39. The summed E-state index contributed by atoms with van der Waals surface area (Å²) in [6, 6.07) is -0.0630. The van der Waals surface area contributed by atoms with E-state index in [1.165, 1.54) is 0 Å². The van der Waals surface area contributed by atoms with E-state index >= 15 is 0 Å². The fraction of sp³-hybridized carbons (Fsp3) is 0.875. The van der Waals surface area contributed by atoms with Crippen LogP contribution < -0.4 is 5.32 Å². The minimum Gasteiger partial charge on any atom is -0.481 e. The van der Waals surface area contributed by atoms with Gasteiger partial charge in [-0.3, -0.25) is 4.79 Å². The Bertz CT molecular complexity index is 372. The van der Waals surface area contributed by atoms with E-state index in [1.54, 1.807) is 4.90 Å². The second kappa shape index (κ2) is 7.14. The highest BCUT2D eigenvalue weighted by Crippen LogP contribution is 2.36. The number of carboxylic acid groups (broad SMARTS) is 1. The van der Waals surface area contributed by atoms with Crippen LogP contribution in [0.3, 0.4) is 0 Å². The predicted octanol–water partition coefficient (Wildman–Crippen LogP) is 3.10. The molecule has 0 radical (unpaired) electrons. The summed E-state index contributed by atoms with van der Waals surface area (Å²) in [5.74, 6) is -0.712. The number of likely N-dealkylation sites (tertiary alicyclic amines) is 1. The molecule has 5 heteroatoms. The number of hydrogen-bond acceptors (Lipinski definition) is 2. The predicted molar refractivity (Wildman–Crippen MR) is 83.3 cm³/mol. The van der Waals surface area contributed by atoms with Crippen molar-refractivity contribution in [3.63, 3.8) is 0 Å². The standard InChI is InChI=1S/C16H30N2O3/c1-5-7-16(13(19)20)8-10-18(11-9-16)14(21)17-12-15(3,4)6-2/h5-12H2,1-4H3,(H,17,21)(H,19,20). The molecule has 0 aromatic carbocycles. The average molecular weight is 298 g/mol. The topological polar surface area (TPSA) is 69.6 Å². The van der Waals surface area contributed by atoms with Gasteiger partial charge in [0.25, 0.3) is 0 Å². The number of carboxylic acids is 1. The minimum absolute atomic E-state index is 0.0630. The molecule has 0 saturated carbocycles. The number of carbonyl (C=O) groups excluding carboxylic acids is 1. The van der Waals surface area contributed by atoms with Crippen molar-refractivity contribution in [2.75, 3.05) is 19.6 Å². The molecule has 0 unspecified atom stereocenters. The van der Waals surface area contributed by atoms with E-state index in [1.807, 2.05) is 6.92 Å². The average Bonchev–Trinajstić information content (AvgIpc) is 2.46. The first kappa shape index (κ1) is 17.8. The smallest absolute Gasteiger partial charge is 0.317 e. The largest absolute Gasteiger partial charge is 0.481 e. The van der Waals surface area contributed by atoms with Crippen LogP contribution in [-0.4, -0.2) is 41.6 Å². The molecule has 1 fully saturated rings. The van der Waals surface area contributed by atoms with Gasteiger partial charge in [0.2, 0.25) is 0 Å². The van der Waals surface area contributed by atoms with Crippen LogP contribution in [0, 0.1) is 10.8 Å². The molecule has 0 aromatic heterocycles. The van der Waals surface area contributed by atoms with Crippen LogP contribution in [0.15, 0.2) is 0 Å². The summed E-state index contributed by atoms with van der Waals surface area (Å²) in [4.78, 5) is 25.4. The molecule has 1 saturated heterocycles. The third-order valence-corrected chi connectivity index (χ3v) is 4.87. The van der Waals surface area contributed by atoms with Gasteiger partial charge in [0.1, 0.15) is 0 Å². The van der Waals surface area contributed by atoms with Gasteiger partial charge in [-0.2, -0.15) is 0 Å². The summed E-state index contributed by atoms with van der Waals surface area (Å²) in [5.41, 5.74) is -0.535. The molecular formula is C16H30N2O3. The molecule has 5 nitrogen and oxygen atoms in total. The Morgan fingerprint density at radius 1 is 1.24 bits per heavy atom. The lowest BCUT2D eigenvalue weighted by molar-refractivity contribution is -0.152. The first-order valence-electron chi connectivity index (χ1n) is 8.02. The maximum atomic E-state index is 12.2. The quantitative estimate of drug-likeness (QED) is 0.791. The normalized spacial score (nSPS) is 18.4. The van der Waals surface area contributed by atoms with Gasteiger partial charge >= 0.3 is 12.0 Å². The molecule has 0 spiro atoms. The zero-order valence-electron chi connectivity index (χ0n) is 13.9. The van der Waals surface area contributed by atoms with Gasteiger partial charge in [-0.1, -0.05) is 34.1 Å². The van der Waals surface area contributed by atoms with E-state index in [9.17, 15) is 14.7 Å². The number of nitrogens with zero attached hydrogens (tertiary/aromatic N) is 1. The summed E-state index contributed by atoms with van der Waals surface area (Å²) in [5, 5.41) is 12.4. The lowest BCUT2D eigenvalue weighted by Crippen LogP contribution is -2.50. The Hall–Kier alpha value is -1.26. The Balaban J connectivity index is 2.52. The van der Waals surface area contributed by atoms with E-state index in [2.05, 4.69) is 26.1 Å². The molecule has 2 N–H and O–H groups in total. The number of amides is 2. The van der Waals surface area contributed by atoms with Crippen molar-refractivity contribution in [2.24, 2.45) is 10.8 Å². The van der Waals surface area contributed by atoms with E-state index in [0.29, 0.717) is 38.9 Å². The van der Waals surface area contributed by atoms with E-state index in [-0.39, 0.29) is 11.4 Å². The maximum Gasteiger partial charge on any atom is 0.317 e. The Kier molecular flexibility index (Phi) is 6.05. The van der Waals surface area contributed by atoms with E-state index in [0.717, 1.165) is 12.8 Å². The number of nitrogens with one attached hydrogen (secondary N) is 1. The molecule has 1 heterocycles. The number of urea groups is 1. The lowest BCUT2D eigenvalue weighted by atomic mass is 9.75. The van der Waals surface area contributed by atoms with Gasteiger partial charge in [-0.25, -0.2) is 4.79 Å². The molecular weight excluding hydrogens is 268 g/mol. The molecule has 21 heavy (non-hydrogen) atoms. The summed E-state index contributed by atoms with van der Waals surface area (Å²) >= 11 is 0. The monoisotopic (exact) mass is 298 g/mol. The second-order valence-electron chi connectivity index (χ2n) is 7.00. The third kappa shape index (κ3) is 4.61. The maximum absolute atomic E-state index is 12.2. The Morgan fingerprint density at radius 2 is 1.81 bits per heavy atom. The van der Waals surface area contributed by atoms with Crippen LogP contribution in [0.1, 0.15) is 59.8 Å². The number of rotatable bonds is 6. The molecule has 0 bridgehead atoms. The molecule has 1 aliphatic rings. The minimum atomic E-state index is -0.712. The first-order chi connectivity index (χ1) is 9.76. The highest BCUT2D eigenvalue weighted by molar-refractivity contribution is 5.77. The number of aliphatic carboxylic acids is 1. The molecule has 122 valence electrons. The third-order valence-electron chi connectivity index (χ3n) is 4.87. The van der Waals surface area contributed by atoms with Gasteiger partial charge in [0, 0.05) is 19.6 Å². The molecule has 0 aromatic rings. The Morgan fingerprint density at radius 3 is 2.24 bits per heavy atom. The van der Waals surface area contributed by atoms with Crippen LogP contribution in [-0.2, 0) is 4.79 Å². The SMILES string of the molecule is CCCC1(C(=O)O)CCN(C(=O)NCC(C)(C)CC)CC1. The van der Waals surface area contributed by atoms with Gasteiger partial charge in [0.05, 0.1) is 5.41 Å². The second-order valence-corrected chi connectivity index (χ2v) is 7.00. The highest BCUT2D eigenvalue weighted by atomic mass is 16.4. The molecule has 2 amide bonds. The molecule has 1 aliphatic heterocycles. The van der Waals surface area contributed by atoms with Gasteiger partial charge < -0.3 is 15.3 Å². The molecule has 0 aliphatic carbocycles. The van der Waals surface area contributed by atoms with Crippen LogP contribution in [0.5, 0.6) is 0 Å². The number of hydrogen-bond donors (Lipinski definition) is 2. The number of piperidine rings is 1. The first-order valence-corrected chi connectivity index (χ1v) is 8.02. The van der Waals surface area contributed by atoms with Gasteiger partial charge in [-0.05, 0) is 31.1 Å². The van der Waals surface area contributed by atoms with Crippen LogP contribution >= 0.6 is 0 Å². The summed E-state index contributed by atoms with van der Waals surface area (Å²) in [7, 11) is 0. The Labute approximate surface area is 128 Å². The van der Waals surface area contributed by atoms with Crippen molar-refractivity contribution >= 4 is 12.0 Å². The van der Waals surface area contributed by atoms with Crippen molar-refractivity contribution in [3.05, 3.63) is 0 Å². The summed E-state index contributed by atoms with van der Waals surface area (Å²) in [6.07, 6.45) is 3.68. The van der Waals surface area contributed by atoms with Gasteiger partial charge in [-0.15, -0.1) is 0 Å². The van der Waals surface area contributed by atoms with E-state index < -0.39 is 11.4 Å². The fourth-order valence-electron chi connectivity index (χ4n) is 2.74. The highest BCUT2D eigenvalue weighted by Gasteiger charge is 2.41. The van der Waals surface area contributed by atoms with Crippen molar-refractivity contribution in [2.45, 2.75) is 59.8 Å². The summed E-state index contributed by atoms with van der Waals surface area (Å²) < 4.78 is 0. The van der Waals surface area contributed by atoms with Crippen molar-refractivity contribution in [1.29, 1.82) is 0 Å². The van der Waals surface area contributed by atoms with Crippen molar-refractivity contribution in [1.82, 2.24) is 10.2 Å². The van der Waals surface area contributed by atoms with Crippen LogP contribution in [0.2, 0.25) is 0 Å². The van der Waals surface area contributed by atoms with Crippen molar-refractivity contribution < 1.29 is 14.7 Å². The zero-order valence-corrected chi connectivity index (χ0v) is 13.9. The van der Waals surface area contributed by atoms with Crippen molar-refractivity contribution in [3.8, 4) is 0 Å². The molecule has 0 atom stereocenters. The fourth-order valence-corrected chi connectivity index (χ4v) is 2.74. The zero-order chi connectivity index (χ0) is 16.1. The number of carbonyl (C=O) groups is 2. The van der Waals surface area contributed by atoms with Crippen LogP contribution in [0.25, 0.3) is 0 Å². The molecule has 1 rings (SSSR count). The van der Waals surface area contributed by atoms with Crippen LogP contribution in [0.4, 0.5) is 4.79 Å². The van der Waals surface area contributed by atoms with E-state index in [4.69, 9.17) is 0 Å².